The van der Waals surface area contributed by atoms with Crippen molar-refractivity contribution in [1.82, 2.24) is 15.2 Å². The number of carbonyl (C=O) groups is 1. The van der Waals surface area contributed by atoms with Crippen molar-refractivity contribution in [3.05, 3.63) is 29.0 Å². The van der Waals surface area contributed by atoms with Crippen molar-refractivity contribution in [3.8, 4) is 0 Å². The highest BCUT2D eigenvalue weighted by Crippen LogP contribution is 2.10. The molecule has 1 aliphatic rings. The summed E-state index contributed by atoms with van der Waals surface area (Å²) < 4.78 is 0. The van der Waals surface area contributed by atoms with Gasteiger partial charge in [-0.1, -0.05) is 11.6 Å². The van der Waals surface area contributed by atoms with E-state index in [0.717, 1.165) is 13.1 Å². The Morgan fingerprint density at radius 3 is 2.80 bits per heavy atom. The Bertz CT molecular complexity index is 361. The number of carbonyl (C=O) groups excluding carboxylic acids is 1. The third kappa shape index (κ3) is 2.11. The molecule has 0 bridgehead atoms. The average Bonchev–Trinajstić information content (AvgIpc) is 2.15. The van der Waals surface area contributed by atoms with Crippen LogP contribution >= 0.6 is 11.6 Å². The van der Waals surface area contributed by atoms with Gasteiger partial charge >= 0.3 is 0 Å². The Balaban J connectivity index is 2.09. The minimum atomic E-state index is -0.0573. The van der Waals surface area contributed by atoms with Gasteiger partial charge in [-0.05, 0) is 12.1 Å². The molecule has 0 aromatic carbocycles. The van der Waals surface area contributed by atoms with Crippen LogP contribution in [0.15, 0.2) is 18.3 Å². The van der Waals surface area contributed by atoms with Crippen LogP contribution in [0.25, 0.3) is 0 Å². The third-order valence-electron chi connectivity index (χ3n) is 2.57. The van der Waals surface area contributed by atoms with Crippen molar-refractivity contribution < 1.29 is 4.79 Å². The van der Waals surface area contributed by atoms with Gasteiger partial charge in [0.25, 0.3) is 5.91 Å². The minimum absolute atomic E-state index is 0.0573. The van der Waals surface area contributed by atoms with Gasteiger partial charge in [0.1, 0.15) is 5.69 Å². The highest BCUT2D eigenvalue weighted by atomic mass is 35.5. The molecule has 0 aliphatic carbocycles. The fraction of sp³-hybridized carbons (Fsp3) is 0.400. The van der Waals surface area contributed by atoms with E-state index in [2.05, 4.69) is 10.3 Å². The van der Waals surface area contributed by atoms with Crippen LogP contribution < -0.4 is 5.32 Å². The topological polar surface area (TPSA) is 45.2 Å². The summed E-state index contributed by atoms with van der Waals surface area (Å²) in [4.78, 5) is 17.6. The van der Waals surface area contributed by atoms with Crippen LogP contribution in [0.4, 0.5) is 0 Å². The van der Waals surface area contributed by atoms with Crippen molar-refractivity contribution in [1.29, 1.82) is 0 Å². The van der Waals surface area contributed by atoms with E-state index in [-0.39, 0.29) is 11.9 Å². The van der Waals surface area contributed by atoms with Gasteiger partial charge in [-0.15, -0.1) is 0 Å². The number of aromatic nitrogens is 1. The van der Waals surface area contributed by atoms with Crippen LogP contribution in [0.1, 0.15) is 10.5 Å². The van der Waals surface area contributed by atoms with Gasteiger partial charge < -0.3 is 10.2 Å². The summed E-state index contributed by atoms with van der Waals surface area (Å²) in [5, 5.41) is 3.66. The summed E-state index contributed by atoms with van der Waals surface area (Å²) in [5.41, 5.74) is 0.439. The number of nitrogens with zero attached hydrogens (tertiary/aromatic N) is 2. The molecule has 1 amide bonds. The second-order valence-electron chi connectivity index (χ2n) is 3.59. The van der Waals surface area contributed by atoms with Crippen molar-refractivity contribution in [2.75, 3.05) is 20.1 Å². The summed E-state index contributed by atoms with van der Waals surface area (Å²) in [7, 11) is 1.80. The van der Waals surface area contributed by atoms with E-state index in [1.165, 1.54) is 6.20 Å². The molecule has 1 N–H and O–H groups in total. The normalized spacial score (nSPS) is 15.9. The number of pyridine rings is 1. The maximum atomic E-state index is 11.9. The number of hydrogen-bond donors (Lipinski definition) is 1. The highest BCUT2D eigenvalue weighted by Gasteiger charge is 2.26. The Kier molecular flexibility index (Phi) is 2.88. The number of nitrogens with one attached hydrogen (secondary N) is 1. The largest absolute Gasteiger partial charge is 0.335 e. The lowest BCUT2D eigenvalue weighted by Crippen LogP contribution is -2.57. The van der Waals surface area contributed by atoms with E-state index in [0.29, 0.717) is 10.7 Å². The molecule has 15 heavy (non-hydrogen) atoms. The van der Waals surface area contributed by atoms with Gasteiger partial charge in [0, 0.05) is 26.3 Å². The first kappa shape index (κ1) is 10.4. The van der Waals surface area contributed by atoms with Gasteiger partial charge in [0.05, 0.1) is 11.1 Å². The second-order valence-corrected chi connectivity index (χ2v) is 4.03. The molecule has 1 aromatic heterocycles. The fourth-order valence-corrected chi connectivity index (χ4v) is 1.51. The lowest BCUT2D eigenvalue weighted by Gasteiger charge is -2.35. The molecular weight excluding hydrogens is 214 g/mol. The van der Waals surface area contributed by atoms with E-state index in [9.17, 15) is 4.79 Å². The highest BCUT2D eigenvalue weighted by molar-refractivity contribution is 6.30. The zero-order valence-corrected chi connectivity index (χ0v) is 9.16. The molecular formula is C10H12ClN3O. The van der Waals surface area contributed by atoms with Gasteiger partial charge in [0.2, 0.25) is 0 Å². The van der Waals surface area contributed by atoms with Crippen LogP contribution in [0.5, 0.6) is 0 Å². The molecule has 1 saturated heterocycles. The number of rotatable bonds is 2. The SMILES string of the molecule is CN(C(=O)c1ccc(Cl)cn1)C1CNC1. The molecule has 0 unspecified atom stereocenters. The summed E-state index contributed by atoms with van der Waals surface area (Å²) in [5.74, 6) is -0.0573. The zero-order valence-electron chi connectivity index (χ0n) is 8.40. The fourth-order valence-electron chi connectivity index (χ4n) is 1.40. The first-order valence-electron chi connectivity index (χ1n) is 4.78. The van der Waals surface area contributed by atoms with Crippen molar-refractivity contribution in [2.45, 2.75) is 6.04 Å². The Morgan fingerprint density at radius 2 is 2.33 bits per heavy atom. The first-order valence-corrected chi connectivity index (χ1v) is 5.15. The van der Waals surface area contributed by atoms with Crippen molar-refractivity contribution in [2.24, 2.45) is 0 Å². The molecule has 0 saturated carbocycles. The monoisotopic (exact) mass is 225 g/mol. The van der Waals surface area contributed by atoms with Crippen LogP contribution in [-0.2, 0) is 0 Å². The van der Waals surface area contributed by atoms with E-state index in [4.69, 9.17) is 11.6 Å². The summed E-state index contributed by atoms with van der Waals surface area (Å²) in [6.07, 6.45) is 1.49. The van der Waals surface area contributed by atoms with Crippen molar-refractivity contribution >= 4 is 17.5 Å². The Hall–Kier alpha value is -1.13. The number of hydrogen-bond acceptors (Lipinski definition) is 3. The van der Waals surface area contributed by atoms with Crippen LogP contribution in [0.2, 0.25) is 5.02 Å². The Labute approximate surface area is 93.2 Å². The molecule has 5 heteroatoms. The summed E-state index contributed by atoms with van der Waals surface area (Å²) >= 11 is 5.70. The van der Waals surface area contributed by atoms with E-state index in [1.807, 2.05) is 0 Å². The quantitative estimate of drug-likeness (QED) is 0.809. The lowest BCUT2D eigenvalue weighted by molar-refractivity contribution is 0.0675. The molecule has 0 radical (unpaired) electrons. The van der Waals surface area contributed by atoms with Gasteiger partial charge in [-0.3, -0.25) is 4.79 Å². The Morgan fingerprint density at radius 1 is 1.60 bits per heavy atom. The van der Waals surface area contributed by atoms with E-state index in [1.54, 1.807) is 24.1 Å². The van der Waals surface area contributed by atoms with Crippen LogP contribution in [-0.4, -0.2) is 42.0 Å². The molecule has 1 aliphatic heterocycles. The maximum absolute atomic E-state index is 11.9. The molecule has 2 heterocycles. The van der Waals surface area contributed by atoms with Gasteiger partial charge in [-0.25, -0.2) is 4.98 Å². The predicted molar refractivity (Wildman–Crippen MR) is 58.0 cm³/mol. The molecule has 0 atom stereocenters. The number of likely N-dealkylation sites (N-methyl/N-ethyl adjacent to an activating group) is 1. The second kappa shape index (κ2) is 4.16. The molecule has 4 nitrogen and oxygen atoms in total. The number of amides is 1. The molecule has 2 rings (SSSR count). The molecule has 0 spiro atoms. The molecule has 80 valence electrons. The minimum Gasteiger partial charge on any atom is -0.335 e. The van der Waals surface area contributed by atoms with Crippen LogP contribution in [0.3, 0.4) is 0 Å². The third-order valence-corrected chi connectivity index (χ3v) is 2.80. The van der Waals surface area contributed by atoms with E-state index < -0.39 is 0 Å². The van der Waals surface area contributed by atoms with Gasteiger partial charge in [-0.2, -0.15) is 0 Å². The standard InChI is InChI=1S/C10H12ClN3O/c1-14(8-5-12-6-8)10(15)9-3-2-7(11)4-13-9/h2-4,8,12H,5-6H2,1H3. The van der Waals surface area contributed by atoms with Crippen LogP contribution in [0, 0.1) is 0 Å². The average molecular weight is 226 g/mol. The predicted octanol–water partition coefficient (Wildman–Crippen LogP) is 0.779. The lowest BCUT2D eigenvalue weighted by atomic mass is 10.1. The smallest absolute Gasteiger partial charge is 0.272 e. The summed E-state index contributed by atoms with van der Waals surface area (Å²) in [6.45, 7) is 1.71. The van der Waals surface area contributed by atoms with Gasteiger partial charge in [0.15, 0.2) is 0 Å². The molecule has 1 fully saturated rings. The summed E-state index contributed by atoms with van der Waals surface area (Å²) in [6, 6.07) is 3.61. The van der Waals surface area contributed by atoms with E-state index >= 15 is 0 Å². The molecule has 1 aromatic rings. The van der Waals surface area contributed by atoms with Crippen molar-refractivity contribution in [3.63, 3.8) is 0 Å². The maximum Gasteiger partial charge on any atom is 0.272 e. The first-order chi connectivity index (χ1) is 7.18. The zero-order chi connectivity index (χ0) is 10.8. The number of halogens is 1.